The quantitative estimate of drug-likeness (QED) is 0.775. The van der Waals surface area contributed by atoms with Crippen molar-refractivity contribution in [2.75, 3.05) is 0 Å². The van der Waals surface area contributed by atoms with Crippen molar-refractivity contribution >= 4 is 22.5 Å². The third-order valence-corrected chi connectivity index (χ3v) is 2.06. The second-order valence-corrected chi connectivity index (χ2v) is 3.13. The molecule has 0 amide bonds. The molecule has 2 N–H and O–H groups in total. The molecule has 4 nitrogen and oxygen atoms in total. The lowest BCUT2D eigenvalue weighted by Gasteiger charge is -1.98. The number of rotatable bonds is 0. The van der Waals surface area contributed by atoms with E-state index in [0.717, 1.165) is 12.1 Å². The molecule has 1 heterocycles. The molecule has 0 unspecified atom stereocenters. The van der Waals surface area contributed by atoms with Crippen molar-refractivity contribution < 1.29 is 4.39 Å². The van der Waals surface area contributed by atoms with Crippen molar-refractivity contribution in [2.24, 2.45) is 0 Å². The molecular weight excluding hydrogens is 259 g/mol. The van der Waals surface area contributed by atoms with Gasteiger partial charge in [0.1, 0.15) is 5.82 Å². The molecule has 1 aromatic heterocycles. The van der Waals surface area contributed by atoms with Gasteiger partial charge in [-0.15, -0.1) is 0 Å². The number of fused-ring (bicyclic) bond motifs is 1. The Bertz CT molecular complexity index is 619. The first-order chi connectivity index (χ1) is 8.58. The molecule has 0 spiro atoms. The molecule has 0 aliphatic carbocycles. The van der Waals surface area contributed by atoms with E-state index in [-0.39, 0.29) is 15.9 Å². The van der Waals surface area contributed by atoms with Crippen molar-refractivity contribution in [1.82, 2.24) is 9.97 Å². The monoisotopic (exact) mass is 274 g/mol. The Morgan fingerprint density at radius 3 is 2.17 bits per heavy atom. The number of H-pyrrole nitrogens is 2. The lowest BCUT2D eigenvalue weighted by Crippen LogP contribution is -2.22. The van der Waals surface area contributed by atoms with Crippen molar-refractivity contribution in [1.29, 1.82) is 0 Å². The number of hydrogen-bond donors (Lipinski definition) is 2. The van der Waals surface area contributed by atoms with Gasteiger partial charge >= 0.3 is 5.69 Å². The molecule has 1 aromatic carbocycles. The van der Waals surface area contributed by atoms with Gasteiger partial charge in [-0.2, -0.15) is 0 Å². The number of halogens is 2. The molecule has 18 heavy (non-hydrogen) atoms. The lowest BCUT2D eigenvalue weighted by atomic mass is 10.2. The SMILES string of the molecule is CC.CC.O=c1[nH]c(=O)c2cc(F)cc(Cl)c2[nH]1. The summed E-state index contributed by atoms with van der Waals surface area (Å²) in [6.07, 6.45) is 0. The summed E-state index contributed by atoms with van der Waals surface area (Å²) in [5.41, 5.74) is -1.19. The minimum atomic E-state index is -0.670. The molecule has 2 rings (SSSR count). The Balaban J connectivity index is 0.000000659. The molecule has 0 atom stereocenters. The van der Waals surface area contributed by atoms with Gasteiger partial charge in [0.25, 0.3) is 5.56 Å². The highest BCUT2D eigenvalue weighted by atomic mass is 35.5. The van der Waals surface area contributed by atoms with Crippen LogP contribution >= 0.6 is 11.6 Å². The van der Waals surface area contributed by atoms with Gasteiger partial charge in [-0.3, -0.25) is 9.78 Å². The topological polar surface area (TPSA) is 65.7 Å². The number of aromatic amines is 2. The number of aromatic nitrogens is 2. The largest absolute Gasteiger partial charge is 0.326 e. The summed E-state index contributed by atoms with van der Waals surface area (Å²) in [7, 11) is 0. The Kier molecular flexibility index (Phi) is 6.97. The second-order valence-electron chi connectivity index (χ2n) is 2.72. The van der Waals surface area contributed by atoms with Crippen LogP contribution in [-0.2, 0) is 0 Å². The van der Waals surface area contributed by atoms with E-state index in [1.54, 1.807) is 0 Å². The predicted octanol–water partition coefficient (Wildman–Crippen LogP) is 3.06. The summed E-state index contributed by atoms with van der Waals surface area (Å²) in [4.78, 5) is 26.4. The maximum atomic E-state index is 12.8. The van der Waals surface area contributed by atoms with Gasteiger partial charge in [-0.1, -0.05) is 39.3 Å². The Morgan fingerprint density at radius 2 is 1.61 bits per heavy atom. The minimum absolute atomic E-state index is 0.00296. The fourth-order valence-electron chi connectivity index (χ4n) is 1.19. The standard InChI is InChI=1S/C8H4ClFN2O2.2C2H6/c9-5-2-3(10)1-4-6(5)11-8(14)12-7(4)13;2*1-2/h1-2H,(H2,11,12,13,14);2*1-2H3. The highest BCUT2D eigenvalue weighted by Crippen LogP contribution is 2.19. The van der Waals surface area contributed by atoms with Gasteiger partial charge in [0.15, 0.2) is 0 Å². The molecule has 0 aliphatic heterocycles. The number of benzene rings is 1. The molecule has 0 saturated carbocycles. The second kappa shape index (κ2) is 7.66. The molecule has 0 radical (unpaired) electrons. The van der Waals surface area contributed by atoms with Gasteiger partial charge in [0, 0.05) is 0 Å². The summed E-state index contributed by atoms with van der Waals surface area (Å²) in [5.74, 6) is -0.625. The number of nitrogens with one attached hydrogen (secondary N) is 2. The van der Waals surface area contributed by atoms with E-state index in [2.05, 4.69) is 4.98 Å². The van der Waals surface area contributed by atoms with Crippen LogP contribution in [-0.4, -0.2) is 9.97 Å². The first kappa shape index (κ1) is 16.4. The van der Waals surface area contributed by atoms with Crippen LogP contribution in [0.4, 0.5) is 4.39 Å². The molecule has 6 heteroatoms. The zero-order chi connectivity index (χ0) is 14.3. The molecule has 0 aliphatic rings. The van der Waals surface area contributed by atoms with Gasteiger partial charge in [0.05, 0.1) is 15.9 Å². The Labute approximate surface area is 109 Å². The average molecular weight is 275 g/mol. The average Bonchev–Trinajstić information content (AvgIpc) is 2.36. The van der Waals surface area contributed by atoms with E-state index < -0.39 is 17.1 Å². The van der Waals surface area contributed by atoms with Crippen LogP contribution in [0.3, 0.4) is 0 Å². The van der Waals surface area contributed by atoms with E-state index in [1.807, 2.05) is 32.7 Å². The Morgan fingerprint density at radius 1 is 1.06 bits per heavy atom. The van der Waals surface area contributed by atoms with Gasteiger partial charge < -0.3 is 4.98 Å². The minimum Gasteiger partial charge on any atom is -0.305 e. The van der Waals surface area contributed by atoms with Gasteiger partial charge in [-0.05, 0) is 12.1 Å². The van der Waals surface area contributed by atoms with Crippen molar-refractivity contribution in [3.63, 3.8) is 0 Å². The van der Waals surface area contributed by atoms with Crippen LogP contribution in [0, 0.1) is 5.82 Å². The molecule has 0 bridgehead atoms. The van der Waals surface area contributed by atoms with Crippen LogP contribution < -0.4 is 11.2 Å². The zero-order valence-corrected chi connectivity index (χ0v) is 11.5. The predicted molar refractivity (Wildman–Crippen MR) is 72.9 cm³/mol. The molecule has 0 saturated heterocycles. The molecular formula is C12H16ClFN2O2. The van der Waals surface area contributed by atoms with E-state index in [9.17, 15) is 14.0 Å². The van der Waals surface area contributed by atoms with Crippen LogP contribution in [0.15, 0.2) is 21.7 Å². The summed E-state index contributed by atoms with van der Waals surface area (Å²) in [6.45, 7) is 8.00. The molecule has 2 aromatic rings. The normalized spacial score (nSPS) is 9.00. The smallest absolute Gasteiger partial charge is 0.305 e. The van der Waals surface area contributed by atoms with Crippen LogP contribution in [0.25, 0.3) is 10.9 Å². The third-order valence-electron chi connectivity index (χ3n) is 1.77. The summed E-state index contributed by atoms with van der Waals surface area (Å²) >= 11 is 5.64. The van der Waals surface area contributed by atoms with Crippen LogP contribution in [0.2, 0.25) is 5.02 Å². The van der Waals surface area contributed by atoms with Crippen LogP contribution in [0.5, 0.6) is 0 Å². The third kappa shape index (κ3) is 3.70. The first-order valence-corrected chi connectivity index (χ1v) is 6.07. The zero-order valence-electron chi connectivity index (χ0n) is 10.7. The molecule has 0 fully saturated rings. The lowest BCUT2D eigenvalue weighted by molar-refractivity contribution is 0.629. The van der Waals surface area contributed by atoms with Crippen LogP contribution in [0.1, 0.15) is 27.7 Å². The Hall–Kier alpha value is -1.62. The maximum absolute atomic E-state index is 12.8. The highest BCUT2D eigenvalue weighted by molar-refractivity contribution is 6.34. The fourth-order valence-corrected chi connectivity index (χ4v) is 1.45. The van der Waals surface area contributed by atoms with E-state index in [1.165, 1.54) is 0 Å². The van der Waals surface area contributed by atoms with E-state index in [4.69, 9.17) is 11.6 Å². The summed E-state index contributed by atoms with van der Waals surface area (Å²) in [5, 5.41) is 0.0257. The van der Waals surface area contributed by atoms with Gasteiger partial charge in [-0.25, -0.2) is 9.18 Å². The first-order valence-electron chi connectivity index (χ1n) is 5.69. The van der Waals surface area contributed by atoms with Crippen molar-refractivity contribution in [3.05, 3.63) is 43.8 Å². The maximum Gasteiger partial charge on any atom is 0.326 e. The fraction of sp³-hybridized carbons (Fsp3) is 0.333. The highest BCUT2D eigenvalue weighted by Gasteiger charge is 2.06. The van der Waals surface area contributed by atoms with Crippen molar-refractivity contribution in [3.8, 4) is 0 Å². The van der Waals surface area contributed by atoms with E-state index in [0.29, 0.717) is 0 Å². The van der Waals surface area contributed by atoms with Gasteiger partial charge in [0.2, 0.25) is 0 Å². The van der Waals surface area contributed by atoms with Crippen molar-refractivity contribution in [2.45, 2.75) is 27.7 Å². The number of hydrogen-bond acceptors (Lipinski definition) is 2. The summed E-state index contributed by atoms with van der Waals surface area (Å²) in [6, 6.07) is 2.04. The van der Waals surface area contributed by atoms with E-state index >= 15 is 0 Å². The summed E-state index contributed by atoms with van der Waals surface area (Å²) < 4.78 is 12.8. The molecule has 100 valence electrons.